The van der Waals surface area contributed by atoms with Crippen molar-refractivity contribution in [2.75, 3.05) is 11.1 Å². The number of hydrogen-bond donors (Lipinski definition) is 2. The number of anilines is 1. The van der Waals surface area contributed by atoms with Crippen molar-refractivity contribution in [2.24, 2.45) is 0 Å². The second kappa shape index (κ2) is 10.1. The molecule has 6 nitrogen and oxygen atoms in total. The molecule has 0 unspecified atom stereocenters. The van der Waals surface area contributed by atoms with E-state index in [4.69, 9.17) is 0 Å². The van der Waals surface area contributed by atoms with E-state index in [0.717, 1.165) is 31.4 Å². The molecule has 1 heterocycles. The van der Waals surface area contributed by atoms with Gasteiger partial charge in [0.05, 0.1) is 17.0 Å². The summed E-state index contributed by atoms with van der Waals surface area (Å²) in [6.07, 6.45) is 0. The number of thioether (sulfide) groups is 1. The zero-order valence-electron chi connectivity index (χ0n) is 17.8. The maximum atomic E-state index is 12.7. The number of aryl methyl sites for hydroxylation is 2. The standard InChI is InChI=1S/C24H20Br2N4O2S/c1-14-10-19(26)20(11-15(14)2)27-22(32)13-33-24-29-28-23(18-12-16(25)8-9-21(18)31)30(24)17-6-4-3-5-7-17/h3-12,31H,13H2,1-2H3,(H,27,32). The van der Waals surface area contributed by atoms with Gasteiger partial charge in [-0.15, -0.1) is 10.2 Å². The van der Waals surface area contributed by atoms with Crippen LogP contribution in [-0.4, -0.2) is 31.5 Å². The highest BCUT2D eigenvalue weighted by molar-refractivity contribution is 9.10. The van der Waals surface area contributed by atoms with Crippen molar-refractivity contribution in [1.82, 2.24) is 14.8 Å². The van der Waals surface area contributed by atoms with Gasteiger partial charge in [0, 0.05) is 14.6 Å². The molecule has 3 aromatic carbocycles. The van der Waals surface area contributed by atoms with Crippen LogP contribution >= 0.6 is 43.6 Å². The lowest BCUT2D eigenvalue weighted by atomic mass is 10.1. The third-order valence-corrected chi connectivity index (χ3v) is 7.12. The molecule has 4 rings (SSSR count). The van der Waals surface area contributed by atoms with Crippen LogP contribution in [0.3, 0.4) is 0 Å². The Labute approximate surface area is 212 Å². The quantitative estimate of drug-likeness (QED) is 0.251. The number of halogens is 2. The molecule has 1 amide bonds. The number of phenols is 1. The van der Waals surface area contributed by atoms with Gasteiger partial charge in [-0.1, -0.05) is 45.9 Å². The predicted octanol–water partition coefficient (Wildman–Crippen LogP) is 6.51. The number of carbonyl (C=O) groups is 1. The topological polar surface area (TPSA) is 80.0 Å². The first-order valence-corrected chi connectivity index (χ1v) is 12.6. The molecule has 0 radical (unpaired) electrons. The van der Waals surface area contributed by atoms with Gasteiger partial charge in [-0.05, 0) is 83.4 Å². The first-order valence-electron chi connectivity index (χ1n) is 10.0. The van der Waals surface area contributed by atoms with E-state index in [2.05, 4.69) is 47.4 Å². The molecule has 168 valence electrons. The van der Waals surface area contributed by atoms with Gasteiger partial charge < -0.3 is 10.4 Å². The Hall–Kier alpha value is -2.62. The van der Waals surface area contributed by atoms with Gasteiger partial charge in [0.25, 0.3) is 0 Å². The van der Waals surface area contributed by atoms with E-state index in [1.807, 2.05) is 60.9 Å². The van der Waals surface area contributed by atoms with Gasteiger partial charge in [0.15, 0.2) is 11.0 Å². The van der Waals surface area contributed by atoms with Crippen LogP contribution in [0.15, 0.2) is 74.8 Å². The molecule has 0 aliphatic carbocycles. The molecule has 0 fully saturated rings. The zero-order chi connectivity index (χ0) is 23.5. The van der Waals surface area contributed by atoms with Crippen molar-refractivity contribution in [3.63, 3.8) is 0 Å². The number of carbonyl (C=O) groups excluding carboxylic acids is 1. The lowest BCUT2D eigenvalue weighted by Crippen LogP contribution is -2.15. The largest absolute Gasteiger partial charge is 0.507 e. The number of nitrogens with one attached hydrogen (secondary N) is 1. The molecule has 1 aromatic heterocycles. The lowest BCUT2D eigenvalue weighted by Gasteiger charge is -2.12. The Kier molecular flexibility index (Phi) is 7.21. The predicted molar refractivity (Wildman–Crippen MR) is 139 cm³/mol. The molecule has 0 aliphatic rings. The maximum Gasteiger partial charge on any atom is 0.234 e. The molecule has 2 N–H and O–H groups in total. The molecule has 9 heteroatoms. The van der Waals surface area contributed by atoms with Gasteiger partial charge in [0.2, 0.25) is 5.91 Å². The normalized spacial score (nSPS) is 10.9. The summed E-state index contributed by atoms with van der Waals surface area (Å²) in [5.74, 6) is 0.573. The fourth-order valence-corrected chi connectivity index (χ4v) is 4.90. The summed E-state index contributed by atoms with van der Waals surface area (Å²) in [5, 5.41) is 22.6. The first-order chi connectivity index (χ1) is 15.8. The van der Waals surface area contributed by atoms with Crippen LogP contribution in [0, 0.1) is 13.8 Å². The smallest absolute Gasteiger partial charge is 0.234 e. The molecular formula is C24H20Br2N4O2S. The van der Waals surface area contributed by atoms with Gasteiger partial charge in [-0.2, -0.15) is 0 Å². The van der Waals surface area contributed by atoms with E-state index in [-0.39, 0.29) is 17.4 Å². The van der Waals surface area contributed by atoms with Crippen LogP contribution in [0.25, 0.3) is 17.1 Å². The van der Waals surface area contributed by atoms with Crippen molar-refractivity contribution in [1.29, 1.82) is 0 Å². The number of nitrogens with zero attached hydrogens (tertiary/aromatic N) is 3. The Morgan fingerprint density at radius 1 is 1.03 bits per heavy atom. The number of hydrogen-bond acceptors (Lipinski definition) is 5. The molecule has 0 atom stereocenters. The summed E-state index contributed by atoms with van der Waals surface area (Å²) in [7, 11) is 0. The molecular weight excluding hydrogens is 568 g/mol. The highest BCUT2D eigenvalue weighted by Crippen LogP contribution is 2.35. The van der Waals surface area contributed by atoms with E-state index in [1.54, 1.807) is 18.2 Å². The summed E-state index contributed by atoms with van der Waals surface area (Å²) < 4.78 is 3.49. The average Bonchev–Trinajstić information content (AvgIpc) is 3.22. The third kappa shape index (κ3) is 5.31. The highest BCUT2D eigenvalue weighted by Gasteiger charge is 2.20. The first kappa shape index (κ1) is 23.5. The zero-order valence-corrected chi connectivity index (χ0v) is 21.8. The highest BCUT2D eigenvalue weighted by atomic mass is 79.9. The van der Waals surface area contributed by atoms with Crippen LogP contribution in [0.5, 0.6) is 5.75 Å². The SMILES string of the molecule is Cc1cc(Br)c(NC(=O)CSc2nnc(-c3cc(Br)ccc3O)n2-c2ccccc2)cc1C. The van der Waals surface area contributed by atoms with Crippen LogP contribution in [0.1, 0.15) is 11.1 Å². The number of aromatic nitrogens is 3. The minimum atomic E-state index is -0.154. The monoisotopic (exact) mass is 586 g/mol. The summed E-state index contributed by atoms with van der Waals surface area (Å²) in [6, 6.07) is 18.7. The number of rotatable bonds is 6. The Bertz CT molecular complexity index is 1330. The van der Waals surface area contributed by atoms with Crippen LogP contribution in [0.4, 0.5) is 5.69 Å². The molecule has 4 aromatic rings. The van der Waals surface area contributed by atoms with E-state index in [0.29, 0.717) is 16.5 Å². The lowest BCUT2D eigenvalue weighted by molar-refractivity contribution is -0.113. The second-order valence-corrected chi connectivity index (χ2v) is 10.1. The van der Waals surface area contributed by atoms with Crippen molar-refractivity contribution in [2.45, 2.75) is 19.0 Å². The Morgan fingerprint density at radius 2 is 1.76 bits per heavy atom. The number of para-hydroxylation sites is 1. The molecule has 0 saturated heterocycles. The summed E-state index contributed by atoms with van der Waals surface area (Å²) in [5.41, 5.74) is 4.35. The van der Waals surface area contributed by atoms with Gasteiger partial charge >= 0.3 is 0 Å². The second-order valence-electron chi connectivity index (χ2n) is 7.39. The summed E-state index contributed by atoms with van der Waals surface area (Å²) >= 11 is 8.24. The number of amides is 1. The van der Waals surface area contributed by atoms with Crippen molar-refractivity contribution < 1.29 is 9.90 Å². The van der Waals surface area contributed by atoms with Crippen LogP contribution in [0.2, 0.25) is 0 Å². The average molecular weight is 588 g/mol. The fraction of sp³-hybridized carbons (Fsp3) is 0.125. The van der Waals surface area contributed by atoms with Crippen LogP contribution < -0.4 is 5.32 Å². The van der Waals surface area contributed by atoms with E-state index < -0.39 is 0 Å². The molecule has 0 aliphatic heterocycles. The fourth-order valence-electron chi connectivity index (χ4n) is 3.23. The van der Waals surface area contributed by atoms with E-state index in [1.165, 1.54) is 11.8 Å². The maximum absolute atomic E-state index is 12.7. The molecule has 0 saturated carbocycles. The van der Waals surface area contributed by atoms with Gasteiger partial charge in [0.1, 0.15) is 5.75 Å². The minimum Gasteiger partial charge on any atom is -0.507 e. The molecule has 0 bridgehead atoms. The van der Waals surface area contributed by atoms with Crippen LogP contribution in [-0.2, 0) is 4.79 Å². The van der Waals surface area contributed by atoms with Crippen molar-refractivity contribution in [3.05, 3.63) is 80.7 Å². The summed E-state index contributed by atoms with van der Waals surface area (Å²) in [4.78, 5) is 12.7. The van der Waals surface area contributed by atoms with Crippen molar-refractivity contribution in [3.8, 4) is 22.8 Å². The van der Waals surface area contributed by atoms with Gasteiger partial charge in [-0.25, -0.2) is 0 Å². The summed E-state index contributed by atoms with van der Waals surface area (Å²) in [6.45, 7) is 4.03. The van der Waals surface area contributed by atoms with E-state index >= 15 is 0 Å². The third-order valence-electron chi connectivity index (χ3n) is 5.04. The minimum absolute atomic E-state index is 0.0941. The van der Waals surface area contributed by atoms with E-state index in [9.17, 15) is 9.90 Å². The molecule has 33 heavy (non-hydrogen) atoms. The Balaban J connectivity index is 1.62. The number of aromatic hydroxyl groups is 1. The van der Waals surface area contributed by atoms with Gasteiger partial charge in [-0.3, -0.25) is 9.36 Å². The number of phenolic OH excluding ortho intramolecular Hbond substituents is 1. The van der Waals surface area contributed by atoms with Crippen molar-refractivity contribution >= 4 is 55.2 Å². The Morgan fingerprint density at radius 3 is 2.52 bits per heavy atom. The number of benzene rings is 3. The molecule has 0 spiro atoms.